The number of rotatable bonds is 4. The molecule has 1 unspecified atom stereocenters. The van der Waals surface area contributed by atoms with Crippen LogP contribution in [-0.4, -0.2) is 32.3 Å². The summed E-state index contributed by atoms with van der Waals surface area (Å²) in [6.07, 6.45) is 10.2. The molecule has 18 heavy (non-hydrogen) atoms. The average molecular weight is 242 g/mol. The van der Waals surface area contributed by atoms with Crippen molar-refractivity contribution in [1.82, 2.24) is 19.7 Å². The molecule has 0 aromatic carbocycles. The Morgan fingerprint density at radius 1 is 1.22 bits per heavy atom. The molecular weight excluding hydrogens is 224 g/mol. The molecule has 3 heterocycles. The Bertz CT molecular complexity index is 466. The van der Waals surface area contributed by atoms with Crippen molar-refractivity contribution in [2.75, 3.05) is 6.54 Å². The van der Waals surface area contributed by atoms with Crippen LogP contribution in [0.25, 0.3) is 0 Å². The summed E-state index contributed by atoms with van der Waals surface area (Å²) in [5, 5.41) is 4.30. The molecule has 0 aliphatic carbocycles. The van der Waals surface area contributed by atoms with E-state index in [1.54, 1.807) is 0 Å². The maximum absolute atomic E-state index is 4.30. The summed E-state index contributed by atoms with van der Waals surface area (Å²) in [6, 6.07) is 6.80. The lowest BCUT2D eigenvalue weighted by atomic mass is 10.2. The van der Waals surface area contributed by atoms with Crippen LogP contribution in [0.4, 0.5) is 0 Å². The molecule has 0 N–H and O–H groups in total. The average Bonchev–Trinajstić information content (AvgIpc) is 3.04. The highest BCUT2D eigenvalue weighted by molar-refractivity contribution is 5.10. The molecule has 2 aromatic rings. The quantitative estimate of drug-likeness (QED) is 0.821. The number of hydrogen-bond acceptors (Lipinski definition) is 3. The summed E-state index contributed by atoms with van der Waals surface area (Å²) >= 11 is 0. The molecule has 0 bridgehead atoms. The standard InChI is InChI=1S/C14H18N4/c1-3-14(12-18-10-2-6-16-18)17(9-1)11-13-4-7-15-8-5-13/h2,4-8,10,14H,1,3,9,11-12H2. The molecule has 1 atom stereocenters. The number of pyridine rings is 1. The van der Waals surface area contributed by atoms with Crippen molar-refractivity contribution in [1.29, 1.82) is 0 Å². The molecule has 1 fully saturated rings. The van der Waals surface area contributed by atoms with Crippen LogP contribution in [0, 0.1) is 0 Å². The van der Waals surface area contributed by atoms with Crippen molar-refractivity contribution < 1.29 is 0 Å². The minimum absolute atomic E-state index is 0.609. The topological polar surface area (TPSA) is 34.0 Å². The van der Waals surface area contributed by atoms with Gasteiger partial charge in [0.25, 0.3) is 0 Å². The summed E-state index contributed by atoms with van der Waals surface area (Å²) in [6.45, 7) is 3.21. The van der Waals surface area contributed by atoms with Crippen molar-refractivity contribution in [2.24, 2.45) is 0 Å². The van der Waals surface area contributed by atoms with Crippen LogP contribution >= 0.6 is 0 Å². The minimum Gasteiger partial charge on any atom is -0.294 e. The fraction of sp³-hybridized carbons (Fsp3) is 0.429. The predicted octanol–water partition coefficient (Wildman–Crippen LogP) is 1.94. The van der Waals surface area contributed by atoms with Gasteiger partial charge in [0, 0.05) is 37.4 Å². The second-order valence-electron chi connectivity index (χ2n) is 4.85. The van der Waals surface area contributed by atoms with Crippen LogP contribution in [0.3, 0.4) is 0 Å². The number of aromatic nitrogens is 3. The van der Waals surface area contributed by atoms with E-state index in [1.807, 2.05) is 35.5 Å². The van der Waals surface area contributed by atoms with E-state index >= 15 is 0 Å². The van der Waals surface area contributed by atoms with Gasteiger partial charge in [-0.05, 0) is 43.1 Å². The monoisotopic (exact) mass is 242 g/mol. The summed E-state index contributed by atoms with van der Waals surface area (Å²) in [5.74, 6) is 0. The molecule has 4 heteroatoms. The van der Waals surface area contributed by atoms with Gasteiger partial charge in [0.1, 0.15) is 0 Å². The van der Waals surface area contributed by atoms with Gasteiger partial charge in [-0.25, -0.2) is 0 Å². The van der Waals surface area contributed by atoms with E-state index in [4.69, 9.17) is 0 Å². The van der Waals surface area contributed by atoms with Crippen molar-refractivity contribution >= 4 is 0 Å². The van der Waals surface area contributed by atoms with Crippen LogP contribution in [0.5, 0.6) is 0 Å². The van der Waals surface area contributed by atoms with Gasteiger partial charge in [-0.2, -0.15) is 5.10 Å². The number of hydrogen-bond donors (Lipinski definition) is 0. The molecular formula is C14H18N4. The first-order valence-corrected chi connectivity index (χ1v) is 6.52. The van der Waals surface area contributed by atoms with Crippen LogP contribution in [0.15, 0.2) is 43.0 Å². The number of nitrogens with zero attached hydrogens (tertiary/aromatic N) is 4. The Morgan fingerprint density at radius 2 is 2.11 bits per heavy atom. The number of likely N-dealkylation sites (tertiary alicyclic amines) is 1. The van der Waals surface area contributed by atoms with E-state index in [0.717, 1.165) is 13.1 Å². The third kappa shape index (κ3) is 2.59. The third-order valence-electron chi connectivity index (χ3n) is 3.59. The smallest absolute Gasteiger partial charge is 0.0565 e. The Hall–Kier alpha value is -1.68. The Kier molecular flexibility index (Phi) is 3.37. The van der Waals surface area contributed by atoms with E-state index in [2.05, 4.69) is 27.1 Å². The van der Waals surface area contributed by atoms with Gasteiger partial charge in [0.2, 0.25) is 0 Å². The fourth-order valence-electron chi connectivity index (χ4n) is 2.66. The van der Waals surface area contributed by atoms with E-state index in [1.165, 1.54) is 24.9 Å². The first-order valence-electron chi connectivity index (χ1n) is 6.52. The molecule has 1 saturated heterocycles. The maximum Gasteiger partial charge on any atom is 0.0565 e. The fourth-order valence-corrected chi connectivity index (χ4v) is 2.66. The molecule has 3 rings (SSSR count). The first-order chi connectivity index (χ1) is 8.92. The van der Waals surface area contributed by atoms with Crippen LogP contribution in [0.2, 0.25) is 0 Å². The van der Waals surface area contributed by atoms with Gasteiger partial charge in [0.15, 0.2) is 0 Å². The molecule has 0 radical (unpaired) electrons. The van der Waals surface area contributed by atoms with Crippen molar-refractivity contribution in [3.63, 3.8) is 0 Å². The molecule has 0 spiro atoms. The molecule has 1 aliphatic rings. The maximum atomic E-state index is 4.30. The van der Waals surface area contributed by atoms with Crippen molar-refractivity contribution in [3.8, 4) is 0 Å². The predicted molar refractivity (Wildman–Crippen MR) is 69.9 cm³/mol. The van der Waals surface area contributed by atoms with Gasteiger partial charge in [0.05, 0.1) is 6.54 Å². The molecule has 2 aromatic heterocycles. The molecule has 0 amide bonds. The molecule has 0 saturated carbocycles. The summed E-state index contributed by atoms with van der Waals surface area (Å²) < 4.78 is 2.04. The van der Waals surface area contributed by atoms with E-state index in [-0.39, 0.29) is 0 Å². The first kappa shape index (κ1) is 11.4. The van der Waals surface area contributed by atoms with Crippen LogP contribution in [0.1, 0.15) is 18.4 Å². The zero-order chi connectivity index (χ0) is 12.2. The second kappa shape index (κ2) is 5.31. The minimum atomic E-state index is 0.609. The van der Waals surface area contributed by atoms with E-state index in [9.17, 15) is 0 Å². The summed E-state index contributed by atoms with van der Waals surface area (Å²) in [7, 11) is 0. The van der Waals surface area contributed by atoms with Gasteiger partial charge < -0.3 is 0 Å². The summed E-state index contributed by atoms with van der Waals surface area (Å²) in [5.41, 5.74) is 1.34. The highest BCUT2D eigenvalue weighted by Crippen LogP contribution is 2.21. The van der Waals surface area contributed by atoms with Crippen LogP contribution < -0.4 is 0 Å². The second-order valence-corrected chi connectivity index (χ2v) is 4.85. The van der Waals surface area contributed by atoms with Gasteiger partial charge >= 0.3 is 0 Å². The highest BCUT2D eigenvalue weighted by Gasteiger charge is 2.24. The Balaban J connectivity index is 1.64. The van der Waals surface area contributed by atoms with Gasteiger partial charge in [-0.3, -0.25) is 14.6 Å². The van der Waals surface area contributed by atoms with Crippen LogP contribution in [-0.2, 0) is 13.1 Å². The van der Waals surface area contributed by atoms with Crippen molar-refractivity contribution in [2.45, 2.75) is 32.0 Å². The lowest BCUT2D eigenvalue weighted by Crippen LogP contribution is -2.32. The normalized spacial score (nSPS) is 20.3. The Morgan fingerprint density at radius 3 is 2.89 bits per heavy atom. The zero-order valence-corrected chi connectivity index (χ0v) is 10.4. The largest absolute Gasteiger partial charge is 0.294 e. The molecule has 94 valence electrons. The third-order valence-corrected chi connectivity index (χ3v) is 3.59. The van der Waals surface area contributed by atoms with E-state index in [0.29, 0.717) is 6.04 Å². The SMILES string of the molecule is c1cnn(CC2CCCN2Cc2ccncc2)c1. The highest BCUT2D eigenvalue weighted by atomic mass is 15.3. The van der Waals surface area contributed by atoms with Gasteiger partial charge in [-0.15, -0.1) is 0 Å². The molecule has 1 aliphatic heterocycles. The van der Waals surface area contributed by atoms with Gasteiger partial charge in [-0.1, -0.05) is 0 Å². The lowest BCUT2D eigenvalue weighted by Gasteiger charge is -2.24. The zero-order valence-electron chi connectivity index (χ0n) is 10.4. The van der Waals surface area contributed by atoms with E-state index < -0.39 is 0 Å². The molecule has 4 nitrogen and oxygen atoms in total. The van der Waals surface area contributed by atoms with Crippen molar-refractivity contribution in [3.05, 3.63) is 48.5 Å². The lowest BCUT2D eigenvalue weighted by molar-refractivity contribution is 0.219. The Labute approximate surface area is 107 Å². The summed E-state index contributed by atoms with van der Waals surface area (Å²) in [4.78, 5) is 6.62.